The Labute approximate surface area is 201 Å². The summed E-state index contributed by atoms with van der Waals surface area (Å²) in [7, 11) is 0. The van der Waals surface area contributed by atoms with Crippen LogP contribution in [-0.2, 0) is 5.60 Å². The number of benzene rings is 1. The standard InChI is InChI=1S/C31H46O2/c1-21(14-19-31(4,33)22-8-6-5-7-9-22)26-12-13-27-25-11-10-23-20-24(32)15-17-29(23,2)28(25)16-18-30(26,27)3/h5-10,21,24-28,32-33H,11-20H2,1-4H3/t21-,24+,25+,26+,27-,28+,29+,30-,31+/m1/s1. The molecule has 1 aromatic rings. The van der Waals surface area contributed by atoms with Gasteiger partial charge in [0.05, 0.1) is 11.7 Å². The van der Waals surface area contributed by atoms with Gasteiger partial charge in [-0.25, -0.2) is 0 Å². The van der Waals surface area contributed by atoms with Gasteiger partial charge in [0.25, 0.3) is 0 Å². The molecule has 2 heteroatoms. The summed E-state index contributed by atoms with van der Waals surface area (Å²) >= 11 is 0. The Morgan fingerprint density at radius 2 is 1.79 bits per heavy atom. The quantitative estimate of drug-likeness (QED) is 0.464. The molecule has 0 spiro atoms. The first-order chi connectivity index (χ1) is 15.6. The van der Waals surface area contributed by atoms with Crippen molar-refractivity contribution in [3.8, 4) is 0 Å². The van der Waals surface area contributed by atoms with Gasteiger partial charge < -0.3 is 10.2 Å². The average molecular weight is 451 g/mol. The lowest BCUT2D eigenvalue weighted by atomic mass is 9.47. The summed E-state index contributed by atoms with van der Waals surface area (Å²) in [6.07, 6.45) is 14.2. The molecule has 0 aromatic heterocycles. The third-order valence-electron chi connectivity index (χ3n) is 11.3. The van der Waals surface area contributed by atoms with Gasteiger partial charge in [0.2, 0.25) is 0 Å². The van der Waals surface area contributed by atoms with Crippen LogP contribution in [0.2, 0.25) is 0 Å². The Morgan fingerprint density at radius 1 is 1.03 bits per heavy atom. The molecule has 0 heterocycles. The third-order valence-corrected chi connectivity index (χ3v) is 11.3. The first-order valence-electron chi connectivity index (χ1n) is 13.8. The molecule has 3 saturated carbocycles. The van der Waals surface area contributed by atoms with Crippen molar-refractivity contribution in [1.29, 1.82) is 0 Å². The molecule has 0 saturated heterocycles. The molecule has 5 rings (SSSR count). The summed E-state index contributed by atoms with van der Waals surface area (Å²) in [6.45, 7) is 9.62. The normalized spacial score (nSPS) is 43.0. The molecule has 1 aromatic carbocycles. The Bertz CT molecular complexity index is 872. The highest BCUT2D eigenvalue weighted by atomic mass is 16.3. The molecule has 0 unspecified atom stereocenters. The van der Waals surface area contributed by atoms with Crippen LogP contribution in [0.1, 0.15) is 97.5 Å². The lowest BCUT2D eigenvalue weighted by Gasteiger charge is -2.58. The number of aliphatic hydroxyl groups excluding tert-OH is 1. The highest BCUT2D eigenvalue weighted by Gasteiger charge is 2.59. The molecule has 2 N–H and O–H groups in total. The molecule has 3 fully saturated rings. The highest BCUT2D eigenvalue weighted by Crippen LogP contribution is 2.67. The fourth-order valence-electron chi connectivity index (χ4n) is 9.27. The van der Waals surface area contributed by atoms with E-state index in [9.17, 15) is 10.2 Å². The van der Waals surface area contributed by atoms with E-state index in [4.69, 9.17) is 0 Å². The molecule has 2 nitrogen and oxygen atoms in total. The lowest BCUT2D eigenvalue weighted by molar-refractivity contribution is -0.0589. The van der Waals surface area contributed by atoms with E-state index in [1.807, 2.05) is 25.1 Å². The Balaban J connectivity index is 1.29. The number of hydrogen-bond acceptors (Lipinski definition) is 2. The van der Waals surface area contributed by atoms with Crippen molar-refractivity contribution in [1.82, 2.24) is 0 Å². The number of allylic oxidation sites excluding steroid dienone is 1. The molecule has 0 amide bonds. The second-order valence-electron chi connectivity index (χ2n) is 13.0. The van der Waals surface area contributed by atoms with E-state index in [2.05, 4.69) is 39.0 Å². The Hall–Kier alpha value is -1.12. The van der Waals surface area contributed by atoms with Crippen molar-refractivity contribution < 1.29 is 10.2 Å². The van der Waals surface area contributed by atoms with Crippen LogP contribution in [0.3, 0.4) is 0 Å². The van der Waals surface area contributed by atoms with Crippen molar-refractivity contribution >= 4 is 0 Å². The monoisotopic (exact) mass is 450 g/mol. The van der Waals surface area contributed by atoms with Gasteiger partial charge in [0.15, 0.2) is 0 Å². The first-order valence-corrected chi connectivity index (χ1v) is 13.8. The van der Waals surface area contributed by atoms with Crippen LogP contribution in [0.25, 0.3) is 0 Å². The van der Waals surface area contributed by atoms with Gasteiger partial charge in [0.1, 0.15) is 0 Å². The fourth-order valence-corrected chi connectivity index (χ4v) is 9.27. The molecule has 0 aliphatic heterocycles. The zero-order chi connectivity index (χ0) is 23.4. The molecule has 9 atom stereocenters. The summed E-state index contributed by atoms with van der Waals surface area (Å²) < 4.78 is 0. The maximum absolute atomic E-state index is 11.2. The zero-order valence-electron chi connectivity index (χ0n) is 21.4. The van der Waals surface area contributed by atoms with E-state index in [0.717, 1.165) is 54.9 Å². The highest BCUT2D eigenvalue weighted by molar-refractivity contribution is 5.25. The van der Waals surface area contributed by atoms with E-state index in [1.165, 1.54) is 38.5 Å². The van der Waals surface area contributed by atoms with Gasteiger partial charge in [-0.3, -0.25) is 0 Å². The SMILES string of the molecule is C[C@H](CC[C@](C)(O)c1ccccc1)[C@@H]1CC[C@@H]2[C@@H]3CC=C4C[C@@H](O)CC[C@]4(C)[C@H]3CC[C@@]21C. The Kier molecular flexibility index (Phi) is 6.10. The van der Waals surface area contributed by atoms with Crippen LogP contribution in [0.4, 0.5) is 0 Å². The average Bonchev–Trinajstić information content (AvgIpc) is 3.16. The largest absolute Gasteiger partial charge is 0.393 e. The molecule has 4 aliphatic carbocycles. The predicted molar refractivity (Wildman–Crippen MR) is 136 cm³/mol. The maximum atomic E-state index is 11.2. The van der Waals surface area contributed by atoms with E-state index in [0.29, 0.717) is 16.7 Å². The van der Waals surface area contributed by atoms with Crippen molar-refractivity contribution in [3.05, 3.63) is 47.5 Å². The number of fused-ring (bicyclic) bond motifs is 5. The summed E-state index contributed by atoms with van der Waals surface area (Å²) in [6, 6.07) is 10.2. The Morgan fingerprint density at radius 3 is 2.55 bits per heavy atom. The van der Waals surface area contributed by atoms with Crippen molar-refractivity contribution in [2.75, 3.05) is 0 Å². The van der Waals surface area contributed by atoms with Crippen LogP contribution in [0, 0.1) is 40.4 Å². The van der Waals surface area contributed by atoms with Gasteiger partial charge in [-0.1, -0.05) is 62.8 Å². The maximum Gasteiger partial charge on any atom is 0.0868 e. The van der Waals surface area contributed by atoms with Crippen molar-refractivity contribution in [3.63, 3.8) is 0 Å². The van der Waals surface area contributed by atoms with Crippen LogP contribution < -0.4 is 0 Å². The third kappa shape index (κ3) is 3.94. The summed E-state index contributed by atoms with van der Waals surface area (Å²) in [5, 5.41) is 21.4. The second-order valence-corrected chi connectivity index (χ2v) is 13.0. The van der Waals surface area contributed by atoms with Gasteiger partial charge in [0, 0.05) is 0 Å². The minimum atomic E-state index is -0.739. The van der Waals surface area contributed by atoms with Crippen LogP contribution in [0.15, 0.2) is 42.0 Å². The van der Waals surface area contributed by atoms with Gasteiger partial charge in [-0.05, 0) is 117 Å². The smallest absolute Gasteiger partial charge is 0.0868 e. The number of hydrogen-bond donors (Lipinski definition) is 2. The van der Waals surface area contributed by atoms with E-state index in [-0.39, 0.29) is 6.10 Å². The predicted octanol–water partition coefficient (Wildman–Crippen LogP) is 7.25. The van der Waals surface area contributed by atoms with E-state index in [1.54, 1.807) is 5.57 Å². The van der Waals surface area contributed by atoms with Gasteiger partial charge >= 0.3 is 0 Å². The molecular weight excluding hydrogens is 404 g/mol. The minimum Gasteiger partial charge on any atom is -0.393 e. The summed E-state index contributed by atoms with van der Waals surface area (Å²) in [4.78, 5) is 0. The molecule has 4 aliphatic rings. The molecule has 182 valence electrons. The summed E-state index contributed by atoms with van der Waals surface area (Å²) in [5.74, 6) is 3.93. The van der Waals surface area contributed by atoms with Crippen LogP contribution in [-0.4, -0.2) is 16.3 Å². The van der Waals surface area contributed by atoms with Crippen molar-refractivity contribution in [2.45, 2.75) is 104 Å². The topological polar surface area (TPSA) is 40.5 Å². The van der Waals surface area contributed by atoms with E-state index >= 15 is 0 Å². The number of aliphatic hydroxyl groups is 2. The second kappa shape index (κ2) is 8.52. The van der Waals surface area contributed by atoms with Crippen LogP contribution >= 0.6 is 0 Å². The molecule has 0 bridgehead atoms. The van der Waals surface area contributed by atoms with Gasteiger partial charge in [-0.15, -0.1) is 0 Å². The summed E-state index contributed by atoms with van der Waals surface area (Å²) in [5.41, 5.74) is 2.67. The molecule has 33 heavy (non-hydrogen) atoms. The first kappa shape index (κ1) is 23.6. The number of rotatable bonds is 5. The molecule has 0 radical (unpaired) electrons. The van der Waals surface area contributed by atoms with Gasteiger partial charge in [-0.2, -0.15) is 0 Å². The fraction of sp³-hybridized carbons (Fsp3) is 0.742. The van der Waals surface area contributed by atoms with E-state index < -0.39 is 5.60 Å². The minimum absolute atomic E-state index is 0.112. The van der Waals surface area contributed by atoms with Crippen LogP contribution in [0.5, 0.6) is 0 Å². The lowest BCUT2D eigenvalue weighted by Crippen LogP contribution is -2.50. The molecular formula is C31H46O2. The zero-order valence-corrected chi connectivity index (χ0v) is 21.4. The van der Waals surface area contributed by atoms with Crippen molar-refractivity contribution in [2.24, 2.45) is 40.4 Å².